The van der Waals surface area contributed by atoms with Crippen molar-refractivity contribution in [2.45, 2.75) is 19.4 Å². The van der Waals surface area contributed by atoms with Crippen molar-refractivity contribution < 1.29 is 4.74 Å². The van der Waals surface area contributed by atoms with Crippen LogP contribution in [-0.4, -0.2) is 34.4 Å². The minimum absolute atomic E-state index is 0.261. The molecule has 0 radical (unpaired) electrons. The lowest BCUT2D eigenvalue weighted by Gasteiger charge is -2.14. The van der Waals surface area contributed by atoms with Gasteiger partial charge in [0, 0.05) is 17.7 Å². The van der Waals surface area contributed by atoms with Crippen molar-refractivity contribution in [2.24, 2.45) is 0 Å². The Morgan fingerprint density at radius 1 is 1.36 bits per heavy atom. The number of aromatic nitrogens is 3. The Hall–Kier alpha value is -1.63. The van der Waals surface area contributed by atoms with E-state index in [1.807, 2.05) is 30.5 Å². The van der Waals surface area contributed by atoms with E-state index in [-0.39, 0.29) is 6.04 Å². The van der Waals surface area contributed by atoms with Gasteiger partial charge in [-0.2, -0.15) is 0 Å². The van der Waals surface area contributed by atoms with Crippen LogP contribution in [0.15, 0.2) is 30.5 Å². The SMILES string of the molecule is CCC(COC)Nc1nn2cc(-c3ccc(Cl)cc3)nc2s1. The smallest absolute Gasteiger partial charge is 0.214 e. The Labute approximate surface area is 137 Å². The summed E-state index contributed by atoms with van der Waals surface area (Å²) in [5, 5.41) is 9.48. The maximum absolute atomic E-state index is 5.91. The maximum Gasteiger partial charge on any atom is 0.214 e. The van der Waals surface area contributed by atoms with Crippen molar-refractivity contribution in [1.29, 1.82) is 0 Å². The van der Waals surface area contributed by atoms with Crippen molar-refractivity contribution in [1.82, 2.24) is 14.6 Å². The van der Waals surface area contributed by atoms with Gasteiger partial charge in [-0.25, -0.2) is 9.50 Å². The first-order chi connectivity index (χ1) is 10.7. The number of ether oxygens (including phenoxy) is 1. The Balaban J connectivity index is 1.81. The van der Waals surface area contributed by atoms with Crippen LogP contribution >= 0.6 is 22.9 Å². The normalized spacial score (nSPS) is 12.7. The molecule has 5 nitrogen and oxygen atoms in total. The third-order valence-corrected chi connectivity index (χ3v) is 4.48. The predicted octanol–water partition coefficient (Wildman–Crippen LogP) is 3.95. The molecule has 0 saturated heterocycles. The molecular formula is C15H17ClN4OS. The third kappa shape index (κ3) is 3.24. The molecule has 2 aromatic heterocycles. The van der Waals surface area contributed by atoms with Crippen molar-refractivity contribution >= 4 is 33.0 Å². The molecule has 0 spiro atoms. The van der Waals surface area contributed by atoms with Crippen molar-refractivity contribution in [2.75, 3.05) is 19.0 Å². The van der Waals surface area contributed by atoms with Gasteiger partial charge in [0.25, 0.3) is 0 Å². The number of anilines is 1. The molecule has 0 bridgehead atoms. The van der Waals surface area contributed by atoms with Crippen LogP contribution in [0, 0.1) is 0 Å². The topological polar surface area (TPSA) is 51.5 Å². The lowest BCUT2D eigenvalue weighted by atomic mass is 10.2. The van der Waals surface area contributed by atoms with Gasteiger partial charge in [-0.05, 0) is 18.6 Å². The van der Waals surface area contributed by atoms with E-state index in [1.54, 1.807) is 11.6 Å². The van der Waals surface area contributed by atoms with E-state index in [4.69, 9.17) is 16.3 Å². The fraction of sp³-hybridized carbons (Fsp3) is 0.333. The first-order valence-electron chi connectivity index (χ1n) is 7.07. The number of hydrogen-bond donors (Lipinski definition) is 1. The van der Waals surface area contributed by atoms with Gasteiger partial charge in [0.1, 0.15) is 0 Å². The summed E-state index contributed by atoms with van der Waals surface area (Å²) in [6, 6.07) is 7.90. The Bertz CT molecular complexity index is 721. The summed E-state index contributed by atoms with van der Waals surface area (Å²) < 4.78 is 6.99. The lowest BCUT2D eigenvalue weighted by molar-refractivity contribution is 0.184. The van der Waals surface area contributed by atoms with E-state index in [2.05, 4.69) is 22.3 Å². The molecule has 1 unspecified atom stereocenters. The Morgan fingerprint density at radius 3 is 2.77 bits per heavy atom. The van der Waals surface area contributed by atoms with Crippen LogP contribution in [0.4, 0.5) is 5.13 Å². The highest BCUT2D eigenvalue weighted by Gasteiger charge is 2.12. The number of methoxy groups -OCH3 is 1. The van der Waals surface area contributed by atoms with Gasteiger partial charge < -0.3 is 10.1 Å². The van der Waals surface area contributed by atoms with Crippen molar-refractivity contribution in [3.05, 3.63) is 35.5 Å². The van der Waals surface area contributed by atoms with E-state index in [0.717, 1.165) is 32.8 Å². The number of benzene rings is 1. The van der Waals surface area contributed by atoms with Gasteiger partial charge >= 0.3 is 0 Å². The summed E-state index contributed by atoms with van der Waals surface area (Å²) in [6.07, 6.45) is 2.91. The highest BCUT2D eigenvalue weighted by atomic mass is 35.5. The molecule has 0 amide bonds. The molecule has 22 heavy (non-hydrogen) atoms. The first-order valence-corrected chi connectivity index (χ1v) is 8.26. The molecule has 0 saturated carbocycles. The first kappa shape index (κ1) is 15.3. The third-order valence-electron chi connectivity index (χ3n) is 3.37. The zero-order chi connectivity index (χ0) is 15.5. The second-order valence-corrected chi connectivity index (χ2v) is 6.36. The minimum Gasteiger partial charge on any atom is -0.383 e. The van der Waals surface area contributed by atoms with Gasteiger partial charge in [0.15, 0.2) is 0 Å². The molecule has 2 heterocycles. The monoisotopic (exact) mass is 336 g/mol. The standard InChI is InChI=1S/C15H17ClN4OS/c1-3-12(9-21-2)17-14-19-20-8-13(18-15(20)22-14)10-4-6-11(16)7-5-10/h4-8,12H,3,9H2,1-2H3,(H,17,19). The average Bonchev–Trinajstić information content (AvgIpc) is 3.05. The van der Waals surface area contributed by atoms with Gasteiger partial charge in [-0.1, -0.05) is 42.0 Å². The predicted molar refractivity (Wildman–Crippen MR) is 90.9 cm³/mol. The van der Waals surface area contributed by atoms with Crippen LogP contribution < -0.4 is 5.32 Å². The van der Waals surface area contributed by atoms with Crippen LogP contribution in [-0.2, 0) is 4.74 Å². The van der Waals surface area contributed by atoms with Crippen LogP contribution in [0.1, 0.15) is 13.3 Å². The quantitative estimate of drug-likeness (QED) is 0.740. The van der Waals surface area contributed by atoms with E-state index in [9.17, 15) is 0 Å². The molecule has 1 atom stereocenters. The zero-order valence-corrected chi connectivity index (χ0v) is 14.0. The summed E-state index contributed by atoms with van der Waals surface area (Å²) in [4.78, 5) is 5.48. The molecule has 1 aromatic carbocycles. The number of fused-ring (bicyclic) bond motifs is 1. The second kappa shape index (κ2) is 6.64. The summed E-state index contributed by atoms with van der Waals surface area (Å²) in [7, 11) is 1.71. The number of halogens is 1. The average molecular weight is 337 g/mol. The largest absolute Gasteiger partial charge is 0.383 e. The van der Waals surface area contributed by atoms with E-state index in [0.29, 0.717) is 6.61 Å². The van der Waals surface area contributed by atoms with Crippen LogP contribution in [0.5, 0.6) is 0 Å². The fourth-order valence-corrected chi connectivity index (χ4v) is 3.14. The van der Waals surface area contributed by atoms with Crippen molar-refractivity contribution in [3.63, 3.8) is 0 Å². The van der Waals surface area contributed by atoms with Gasteiger partial charge in [0.05, 0.1) is 24.5 Å². The van der Waals surface area contributed by atoms with Gasteiger partial charge in [-0.15, -0.1) is 5.10 Å². The molecule has 7 heteroatoms. The fourth-order valence-electron chi connectivity index (χ4n) is 2.16. The van der Waals surface area contributed by atoms with Crippen molar-refractivity contribution in [3.8, 4) is 11.3 Å². The number of nitrogens with zero attached hydrogens (tertiary/aromatic N) is 3. The number of nitrogens with one attached hydrogen (secondary N) is 1. The van der Waals surface area contributed by atoms with Crippen LogP contribution in [0.3, 0.4) is 0 Å². The maximum atomic E-state index is 5.91. The lowest BCUT2D eigenvalue weighted by Crippen LogP contribution is -2.23. The summed E-state index contributed by atoms with van der Waals surface area (Å²) in [5.41, 5.74) is 1.92. The minimum atomic E-state index is 0.261. The highest BCUT2D eigenvalue weighted by Crippen LogP contribution is 2.25. The van der Waals surface area contributed by atoms with Crippen LogP contribution in [0.2, 0.25) is 5.02 Å². The highest BCUT2D eigenvalue weighted by molar-refractivity contribution is 7.20. The van der Waals surface area contributed by atoms with E-state index < -0.39 is 0 Å². The van der Waals surface area contributed by atoms with E-state index in [1.165, 1.54) is 11.3 Å². The van der Waals surface area contributed by atoms with E-state index >= 15 is 0 Å². The Morgan fingerprint density at radius 2 is 2.14 bits per heavy atom. The molecule has 3 rings (SSSR count). The summed E-state index contributed by atoms with van der Waals surface area (Å²) >= 11 is 7.44. The van der Waals surface area contributed by atoms with Gasteiger partial charge in [0.2, 0.25) is 10.1 Å². The second-order valence-electron chi connectivity index (χ2n) is 4.97. The summed E-state index contributed by atoms with van der Waals surface area (Å²) in [5.74, 6) is 0. The number of imidazole rings is 1. The number of rotatable bonds is 6. The molecule has 0 fully saturated rings. The Kier molecular flexibility index (Phi) is 4.61. The molecule has 0 aliphatic rings. The molecule has 1 N–H and O–H groups in total. The van der Waals surface area contributed by atoms with Crippen LogP contribution in [0.25, 0.3) is 16.2 Å². The molecule has 0 aliphatic carbocycles. The molecule has 116 valence electrons. The molecule has 3 aromatic rings. The molecule has 0 aliphatic heterocycles. The molecular weight excluding hydrogens is 320 g/mol. The van der Waals surface area contributed by atoms with Gasteiger partial charge in [-0.3, -0.25) is 0 Å². The zero-order valence-electron chi connectivity index (χ0n) is 12.4. The number of hydrogen-bond acceptors (Lipinski definition) is 5. The summed E-state index contributed by atoms with van der Waals surface area (Å²) in [6.45, 7) is 2.78.